The Morgan fingerprint density at radius 3 is 2.23 bits per heavy atom. The smallest absolute Gasteiger partial charge is 0.269 e. The van der Waals surface area contributed by atoms with Gasteiger partial charge in [0.05, 0.1) is 17.6 Å². The molecule has 1 N–H and O–H groups in total. The SMILES string of the molecule is CCOc1ccc(C(CC(=O)c2ccc(Cl)cc2)Nc2ccc([N+](=O)[O-])cc2)cc1. The predicted octanol–water partition coefficient (Wildman–Crippen LogP) is 6.07. The topological polar surface area (TPSA) is 81.5 Å². The molecule has 6 nitrogen and oxygen atoms in total. The Kier molecular flexibility index (Phi) is 7.03. The molecule has 0 spiro atoms. The molecule has 154 valence electrons. The van der Waals surface area contributed by atoms with E-state index in [9.17, 15) is 14.9 Å². The molecule has 0 aliphatic carbocycles. The van der Waals surface area contributed by atoms with Crippen LogP contribution in [-0.4, -0.2) is 17.3 Å². The molecule has 3 rings (SSSR count). The summed E-state index contributed by atoms with van der Waals surface area (Å²) in [4.78, 5) is 23.3. The minimum Gasteiger partial charge on any atom is -0.494 e. The van der Waals surface area contributed by atoms with E-state index in [0.717, 1.165) is 11.3 Å². The predicted molar refractivity (Wildman–Crippen MR) is 117 cm³/mol. The van der Waals surface area contributed by atoms with Crippen molar-refractivity contribution in [3.8, 4) is 5.75 Å². The third-order valence-electron chi connectivity index (χ3n) is 4.57. The number of non-ortho nitro benzene ring substituents is 1. The zero-order chi connectivity index (χ0) is 21.5. The number of nitro groups is 1. The maximum Gasteiger partial charge on any atom is 0.269 e. The molecule has 0 saturated heterocycles. The highest BCUT2D eigenvalue weighted by molar-refractivity contribution is 6.30. The maximum absolute atomic E-state index is 12.8. The average Bonchev–Trinajstić information content (AvgIpc) is 2.75. The Hall–Kier alpha value is -3.38. The fraction of sp³-hybridized carbons (Fsp3) is 0.174. The molecular weight excluding hydrogens is 404 g/mol. The van der Waals surface area contributed by atoms with Crippen molar-refractivity contribution in [2.45, 2.75) is 19.4 Å². The first-order chi connectivity index (χ1) is 14.5. The molecule has 0 radical (unpaired) electrons. The number of rotatable bonds is 9. The molecule has 1 atom stereocenters. The summed E-state index contributed by atoms with van der Waals surface area (Å²) in [6.45, 7) is 2.48. The van der Waals surface area contributed by atoms with Gasteiger partial charge in [-0.3, -0.25) is 14.9 Å². The lowest BCUT2D eigenvalue weighted by molar-refractivity contribution is -0.384. The first-order valence-electron chi connectivity index (χ1n) is 9.49. The molecule has 1 unspecified atom stereocenters. The van der Waals surface area contributed by atoms with Gasteiger partial charge in [0.2, 0.25) is 0 Å². The van der Waals surface area contributed by atoms with Gasteiger partial charge in [-0.15, -0.1) is 0 Å². The van der Waals surface area contributed by atoms with Gasteiger partial charge in [-0.05, 0) is 61.0 Å². The second kappa shape index (κ2) is 9.89. The number of halogens is 1. The monoisotopic (exact) mass is 424 g/mol. The fourth-order valence-corrected chi connectivity index (χ4v) is 3.16. The number of nitrogens with zero attached hydrogens (tertiary/aromatic N) is 1. The van der Waals surface area contributed by atoms with Crippen LogP contribution in [-0.2, 0) is 0 Å². The molecule has 3 aromatic rings. The van der Waals surface area contributed by atoms with Crippen molar-refractivity contribution in [1.29, 1.82) is 0 Å². The highest BCUT2D eigenvalue weighted by Crippen LogP contribution is 2.27. The molecule has 0 aliphatic heterocycles. The zero-order valence-corrected chi connectivity index (χ0v) is 17.1. The van der Waals surface area contributed by atoms with Gasteiger partial charge < -0.3 is 10.1 Å². The van der Waals surface area contributed by atoms with Gasteiger partial charge in [0, 0.05) is 34.8 Å². The van der Waals surface area contributed by atoms with E-state index in [1.807, 2.05) is 31.2 Å². The summed E-state index contributed by atoms with van der Waals surface area (Å²) < 4.78 is 5.49. The summed E-state index contributed by atoms with van der Waals surface area (Å²) in [6.07, 6.45) is 0.201. The number of Topliss-reactive ketones (excluding diaryl/α,β-unsaturated/α-hetero) is 1. The normalized spacial score (nSPS) is 11.5. The second-order valence-corrected chi connectivity index (χ2v) is 7.07. The summed E-state index contributed by atoms with van der Waals surface area (Å²) in [6, 6.07) is 20.1. The van der Waals surface area contributed by atoms with Crippen molar-refractivity contribution < 1.29 is 14.5 Å². The number of nitrogens with one attached hydrogen (secondary N) is 1. The van der Waals surface area contributed by atoms with Crippen LogP contribution in [0.4, 0.5) is 11.4 Å². The third-order valence-corrected chi connectivity index (χ3v) is 4.82. The molecule has 0 heterocycles. The molecule has 0 aliphatic rings. The van der Waals surface area contributed by atoms with Crippen LogP contribution in [0.5, 0.6) is 5.75 Å². The quantitative estimate of drug-likeness (QED) is 0.256. The van der Waals surface area contributed by atoms with Crippen molar-refractivity contribution in [2.24, 2.45) is 0 Å². The molecule has 0 amide bonds. The number of benzene rings is 3. The highest BCUT2D eigenvalue weighted by atomic mass is 35.5. The first-order valence-corrected chi connectivity index (χ1v) is 9.86. The lowest BCUT2D eigenvalue weighted by Gasteiger charge is -2.20. The van der Waals surface area contributed by atoms with Crippen molar-refractivity contribution >= 4 is 28.8 Å². The largest absolute Gasteiger partial charge is 0.494 e. The van der Waals surface area contributed by atoms with E-state index in [-0.39, 0.29) is 23.9 Å². The van der Waals surface area contributed by atoms with Crippen LogP contribution in [0.3, 0.4) is 0 Å². The number of anilines is 1. The van der Waals surface area contributed by atoms with Crippen molar-refractivity contribution in [2.75, 3.05) is 11.9 Å². The lowest BCUT2D eigenvalue weighted by Crippen LogP contribution is -2.16. The van der Waals surface area contributed by atoms with Gasteiger partial charge >= 0.3 is 0 Å². The van der Waals surface area contributed by atoms with Gasteiger partial charge in [-0.25, -0.2) is 0 Å². The molecule has 0 aromatic heterocycles. The highest BCUT2D eigenvalue weighted by Gasteiger charge is 2.18. The summed E-state index contributed by atoms with van der Waals surface area (Å²) in [5.74, 6) is 0.708. The van der Waals surface area contributed by atoms with E-state index in [1.54, 1.807) is 36.4 Å². The van der Waals surface area contributed by atoms with Crippen LogP contribution < -0.4 is 10.1 Å². The summed E-state index contributed by atoms with van der Waals surface area (Å²) in [5, 5.41) is 14.8. The Labute approximate surface area is 179 Å². The zero-order valence-electron chi connectivity index (χ0n) is 16.4. The van der Waals surface area contributed by atoms with Gasteiger partial charge in [0.1, 0.15) is 5.75 Å². The van der Waals surface area contributed by atoms with Crippen LogP contribution in [0.2, 0.25) is 5.02 Å². The number of hydrogen-bond acceptors (Lipinski definition) is 5. The minimum absolute atomic E-state index is 0.00964. The maximum atomic E-state index is 12.8. The van der Waals surface area contributed by atoms with Crippen molar-refractivity contribution in [3.63, 3.8) is 0 Å². The number of ketones is 1. The Morgan fingerprint density at radius 2 is 1.67 bits per heavy atom. The van der Waals surface area contributed by atoms with E-state index >= 15 is 0 Å². The number of ether oxygens (including phenoxy) is 1. The van der Waals surface area contributed by atoms with E-state index in [4.69, 9.17) is 16.3 Å². The van der Waals surface area contributed by atoms with Gasteiger partial charge in [-0.1, -0.05) is 23.7 Å². The van der Waals surface area contributed by atoms with E-state index in [2.05, 4.69) is 5.32 Å². The number of nitro benzene ring substituents is 1. The summed E-state index contributed by atoms with van der Waals surface area (Å²) in [7, 11) is 0. The van der Waals surface area contributed by atoms with E-state index in [1.165, 1.54) is 12.1 Å². The Morgan fingerprint density at radius 1 is 1.03 bits per heavy atom. The standard InChI is InChI=1S/C23H21ClN2O4/c1-2-30-21-13-5-16(6-14-21)22(15-23(27)17-3-7-18(24)8-4-17)25-19-9-11-20(12-10-19)26(28)29/h3-14,22,25H,2,15H2,1H3. The van der Waals surface area contributed by atoms with Crippen LogP contribution in [0.15, 0.2) is 72.8 Å². The number of carbonyl (C=O) groups is 1. The van der Waals surface area contributed by atoms with Crippen molar-refractivity contribution in [3.05, 3.63) is 99.1 Å². The molecule has 0 saturated carbocycles. The van der Waals surface area contributed by atoms with E-state index in [0.29, 0.717) is 22.9 Å². The van der Waals surface area contributed by atoms with Gasteiger partial charge in [0.25, 0.3) is 5.69 Å². The van der Waals surface area contributed by atoms with E-state index < -0.39 is 4.92 Å². The molecular formula is C23H21ClN2O4. The summed E-state index contributed by atoms with van der Waals surface area (Å²) in [5.41, 5.74) is 2.17. The molecule has 3 aromatic carbocycles. The van der Waals surface area contributed by atoms with Crippen LogP contribution in [0.1, 0.15) is 35.3 Å². The molecule has 0 bridgehead atoms. The van der Waals surface area contributed by atoms with Crippen LogP contribution >= 0.6 is 11.6 Å². The summed E-state index contributed by atoms with van der Waals surface area (Å²) >= 11 is 5.92. The minimum atomic E-state index is -0.447. The lowest BCUT2D eigenvalue weighted by atomic mass is 9.97. The first kappa shape index (κ1) is 21.3. The van der Waals surface area contributed by atoms with Crippen LogP contribution in [0, 0.1) is 10.1 Å². The van der Waals surface area contributed by atoms with Crippen molar-refractivity contribution in [1.82, 2.24) is 0 Å². The third kappa shape index (κ3) is 5.58. The van der Waals surface area contributed by atoms with Gasteiger partial charge in [0.15, 0.2) is 5.78 Å². The Bertz CT molecular complexity index is 1000. The van der Waals surface area contributed by atoms with Crippen LogP contribution in [0.25, 0.3) is 0 Å². The molecule has 0 fully saturated rings. The van der Waals surface area contributed by atoms with Gasteiger partial charge in [-0.2, -0.15) is 0 Å². The second-order valence-electron chi connectivity index (χ2n) is 6.64. The average molecular weight is 425 g/mol. The molecule has 30 heavy (non-hydrogen) atoms. The Balaban J connectivity index is 1.84. The number of carbonyl (C=O) groups excluding carboxylic acids is 1. The fourth-order valence-electron chi connectivity index (χ4n) is 3.03. The number of hydrogen-bond donors (Lipinski definition) is 1. The molecule has 7 heteroatoms.